The van der Waals surface area contributed by atoms with Crippen LogP contribution in [0.1, 0.15) is 56.1 Å². The van der Waals surface area contributed by atoms with Gasteiger partial charge in [0.15, 0.2) is 0 Å². The van der Waals surface area contributed by atoms with E-state index in [1.807, 2.05) is 30.3 Å². The molecule has 3 amide bonds. The maximum absolute atomic E-state index is 13.4. The quantitative estimate of drug-likeness (QED) is 0.416. The average molecular weight is 507 g/mol. The SMILES string of the molecule is N[C@@H](Cc1ccc(O)cc1)C(=O)N1CCC[C@H]1C(=O)N[C@@H](Cc1ccccc1)C(=O)NC1CCCCC1. The highest BCUT2D eigenvalue weighted by atomic mass is 16.3. The third kappa shape index (κ3) is 7.32. The van der Waals surface area contributed by atoms with E-state index in [0.717, 1.165) is 36.8 Å². The molecule has 0 bridgehead atoms. The first-order valence-corrected chi connectivity index (χ1v) is 13.4. The molecule has 1 aliphatic heterocycles. The molecule has 3 atom stereocenters. The molecule has 1 saturated heterocycles. The highest BCUT2D eigenvalue weighted by Crippen LogP contribution is 2.21. The number of likely N-dealkylation sites (tertiary alicyclic amines) is 1. The van der Waals surface area contributed by atoms with Gasteiger partial charge in [-0.2, -0.15) is 0 Å². The molecule has 1 heterocycles. The molecule has 1 saturated carbocycles. The Morgan fingerprint density at radius 2 is 1.57 bits per heavy atom. The molecule has 0 aromatic heterocycles. The van der Waals surface area contributed by atoms with Gasteiger partial charge >= 0.3 is 0 Å². The van der Waals surface area contributed by atoms with Gasteiger partial charge in [-0.1, -0.05) is 61.7 Å². The zero-order valence-electron chi connectivity index (χ0n) is 21.3. The van der Waals surface area contributed by atoms with E-state index in [0.29, 0.717) is 32.2 Å². The summed E-state index contributed by atoms with van der Waals surface area (Å²) in [6.07, 6.45) is 7.24. The van der Waals surface area contributed by atoms with Crippen molar-refractivity contribution >= 4 is 17.7 Å². The van der Waals surface area contributed by atoms with Crippen molar-refractivity contribution in [1.82, 2.24) is 15.5 Å². The summed E-state index contributed by atoms with van der Waals surface area (Å²) in [6, 6.07) is 14.2. The lowest BCUT2D eigenvalue weighted by atomic mass is 9.95. The molecule has 0 spiro atoms. The Bertz CT molecular complexity index is 1050. The molecule has 2 fully saturated rings. The molecule has 4 rings (SSSR count). The Balaban J connectivity index is 1.41. The maximum atomic E-state index is 13.4. The average Bonchev–Trinajstić information content (AvgIpc) is 3.40. The fraction of sp³-hybridized carbons (Fsp3) is 0.483. The van der Waals surface area contributed by atoms with Crippen LogP contribution in [0.5, 0.6) is 5.75 Å². The van der Waals surface area contributed by atoms with Gasteiger partial charge in [-0.3, -0.25) is 14.4 Å². The summed E-state index contributed by atoms with van der Waals surface area (Å²) < 4.78 is 0. The minimum absolute atomic E-state index is 0.138. The van der Waals surface area contributed by atoms with E-state index in [1.54, 1.807) is 29.2 Å². The third-order valence-electron chi connectivity index (χ3n) is 7.41. The summed E-state index contributed by atoms with van der Waals surface area (Å²) in [5.74, 6) is -0.624. The third-order valence-corrected chi connectivity index (χ3v) is 7.41. The van der Waals surface area contributed by atoms with Gasteiger partial charge in [0.25, 0.3) is 0 Å². The van der Waals surface area contributed by atoms with Gasteiger partial charge in [-0.15, -0.1) is 0 Å². The number of hydrogen-bond acceptors (Lipinski definition) is 5. The van der Waals surface area contributed by atoms with Crippen molar-refractivity contribution in [1.29, 1.82) is 0 Å². The van der Waals surface area contributed by atoms with Crippen LogP contribution in [0.15, 0.2) is 54.6 Å². The van der Waals surface area contributed by atoms with Crippen molar-refractivity contribution in [2.24, 2.45) is 5.73 Å². The number of amides is 3. The predicted molar refractivity (Wildman–Crippen MR) is 142 cm³/mol. The van der Waals surface area contributed by atoms with Crippen molar-refractivity contribution in [3.63, 3.8) is 0 Å². The number of carbonyl (C=O) groups is 3. The van der Waals surface area contributed by atoms with E-state index in [1.165, 1.54) is 6.42 Å². The molecule has 2 aliphatic rings. The Kier molecular flexibility index (Phi) is 9.17. The Morgan fingerprint density at radius 1 is 0.892 bits per heavy atom. The molecule has 198 valence electrons. The number of aromatic hydroxyl groups is 1. The summed E-state index contributed by atoms with van der Waals surface area (Å²) >= 11 is 0. The number of nitrogens with two attached hydrogens (primary N) is 1. The van der Waals surface area contributed by atoms with Gasteiger partial charge in [0.05, 0.1) is 6.04 Å². The van der Waals surface area contributed by atoms with Gasteiger partial charge in [-0.25, -0.2) is 0 Å². The second-order valence-electron chi connectivity index (χ2n) is 10.3. The van der Waals surface area contributed by atoms with E-state index >= 15 is 0 Å². The smallest absolute Gasteiger partial charge is 0.243 e. The van der Waals surface area contributed by atoms with Crippen LogP contribution in [0.25, 0.3) is 0 Å². The Labute approximate surface area is 218 Å². The van der Waals surface area contributed by atoms with Crippen molar-refractivity contribution in [2.45, 2.75) is 82.0 Å². The van der Waals surface area contributed by atoms with Crippen molar-refractivity contribution in [2.75, 3.05) is 6.54 Å². The zero-order valence-corrected chi connectivity index (χ0v) is 21.3. The number of phenols is 1. The van der Waals surface area contributed by atoms with E-state index in [9.17, 15) is 19.5 Å². The standard InChI is InChI=1S/C29H38N4O4/c30-24(18-21-13-15-23(34)16-14-21)29(37)33-17-7-12-26(33)28(36)32-25(19-20-8-3-1-4-9-20)27(35)31-22-10-5-2-6-11-22/h1,3-4,8-9,13-16,22,24-26,34H,2,5-7,10-12,17-19,30H2,(H,31,35)(H,32,36)/t24-,25-,26-/m0/s1. The Morgan fingerprint density at radius 3 is 2.27 bits per heavy atom. The summed E-state index contributed by atoms with van der Waals surface area (Å²) in [5.41, 5.74) is 8.03. The normalized spacial score (nSPS) is 19.7. The second kappa shape index (κ2) is 12.7. The van der Waals surface area contributed by atoms with Crippen LogP contribution in [0.2, 0.25) is 0 Å². The molecule has 2 aromatic carbocycles. The molecule has 8 nitrogen and oxygen atoms in total. The first-order chi connectivity index (χ1) is 17.9. The molecule has 2 aromatic rings. The number of phenolic OH excluding ortho intramolecular Hbond substituents is 1. The molecule has 0 unspecified atom stereocenters. The van der Waals surface area contributed by atoms with Gasteiger partial charge in [-0.05, 0) is 55.4 Å². The van der Waals surface area contributed by atoms with Crippen LogP contribution in [0, 0.1) is 0 Å². The number of nitrogens with one attached hydrogen (secondary N) is 2. The number of benzene rings is 2. The van der Waals surface area contributed by atoms with Gasteiger partial charge < -0.3 is 26.4 Å². The molecular formula is C29H38N4O4. The lowest BCUT2D eigenvalue weighted by Crippen LogP contribution is -2.56. The molecule has 1 aliphatic carbocycles. The number of rotatable bonds is 9. The maximum Gasteiger partial charge on any atom is 0.243 e. The van der Waals surface area contributed by atoms with Gasteiger partial charge in [0.2, 0.25) is 17.7 Å². The predicted octanol–water partition coefficient (Wildman–Crippen LogP) is 2.43. The van der Waals surface area contributed by atoms with E-state index < -0.39 is 18.1 Å². The van der Waals surface area contributed by atoms with Crippen molar-refractivity contribution < 1.29 is 19.5 Å². The summed E-state index contributed by atoms with van der Waals surface area (Å²) in [4.78, 5) is 41.4. The van der Waals surface area contributed by atoms with E-state index in [-0.39, 0.29) is 29.5 Å². The van der Waals surface area contributed by atoms with Gasteiger partial charge in [0, 0.05) is 19.0 Å². The molecule has 5 N–H and O–H groups in total. The fourth-order valence-corrected chi connectivity index (χ4v) is 5.37. The summed E-state index contributed by atoms with van der Waals surface area (Å²) in [5, 5.41) is 15.6. The highest BCUT2D eigenvalue weighted by Gasteiger charge is 2.37. The highest BCUT2D eigenvalue weighted by molar-refractivity contribution is 5.93. The number of carbonyl (C=O) groups excluding carboxylic acids is 3. The summed E-state index contributed by atoms with van der Waals surface area (Å²) in [6.45, 7) is 0.456. The van der Waals surface area contributed by atoms with Crippen molar-refractivity contribution in [3.05, 3.63) is 65.7 Å². The van der Waals surface area contributed by atoms with Crippen LogP contribution in [-0.4, -0.2) is 58.4 Å². The lowest BCUT2D eigenvalue weighted by Gasteiger charge is -2.29. The van der Waals surface area contributed by atoms with Gasteiger partial charge in [0.1, 0.15) is 17.8 Å². The first kappa shape index (κ1) is 26.7. The minimum Gasteiger partial charge on any atom is -0.508 e. The van der Waals surface area contributed by atoms with Crippen LogP contribution < -0.4 is 16.4 Å². The molecule has 0 radical (unpaired) electrons. The minimum atomic E-state index is -0.798. The van der Waals surface area contributed by atoms with Crippen LogP contribution >= 0.6 is 0 Å². The van der Waals surface area contributed by atoms with Crippen LogP contribution in [0.3, 0.4) is 0 Å². The molecule has 37 heavy (non-hydrogen) atoms. The van der Waals surface area contributed by atoms with Crippen LogP contribution in [-0.2, 0) is 27.2 Å². The first-order valence-electron chi connectivity index (χ1n) is 13.4. The molecule has 8 heteroatoms. The topological polar surface area (TPSA) is 125 Å². The number of hydrogen-bond donors (Lipinski definition) is 4. The Hall–Kier alpha value is -3.39. The fourth-order valence-electron chi connectivity index (χ4n) is 5.37. The van der Waals surface area contributed by atoms with Crippen LogP contribution in [0.4, 0.5) is 0 Å². The largest absolute Gasteiger partial charge is 0.508 e. The summed E-state index contributed by atoms with van der Waals surface area (Å²) in [7, 11) is 0. The zero-order chi connectivity index (χ0) is 26.2. The second-order valence-corrected chi connectivity index (χ2v) is 10.3. The monoisotopic (exact) mass is 506 g/mol. The van der Waals surface area contributed by atoms with Crippen molar-refractivity contribution in [3.8, 4) is 5.75 Å². The van der Waals surface area contributed by atoms with E-state index in [2.05, 4.69) is 10.6 Å². The van der Waals surface area contributed by atoms with E-state index in [4.69, 9.17) is 5.73 Å². The number of nitrogens with zero attached hydrogens (tertiary/aromatic N) is 1. The lowest BCUT2D eigenvalue weighted by molar-refractivity contribution is -0.140. The molecular weight excluding hydrogens is 468 g/mol.